The number of rotatable bonds is 7. The average Bonchev–Trinajstić information content (AvgIpc) is 3.26. The van der Waals surface area contributed by atoms with Gasteiger partial charge in [0, 0.05) is 43.2 Å². The van der Waals surface area contributed by atoms with Crippen LogP contribution < -0.4 is 20.1 Å². The zero-order valence-corrected chi connectivity index (χ0v) is 19.6. The Hall–Kier alpha value is -2.44. The third kappa shape index (κ3) is 4.81. The first kappa shape index (κ1) is 22.7. The van der Waals surface area contributed by atoms with Crippen LogP contribution in [0.2, 0.25) is 0 Å². The fourth-order valence-electron chi connectivity index (χ4n) is 6.01. The second-order valence-corrected chi connectivity index (χ2v) is 9.70. The van der Waals surface area contributed by atoms with Crippen LogP contribution >= 0.6 is 0 Å². The zero-order chi connectivity index (χ0) is 22.7. The highest BCUT2D eigenvalue weighted by Crippen LogP contribution is 2.46. The van der Waals surface area contributed by atoms with Crippen molar-refractivity contribution in [1.29, 1.82) is 0 Å². The molecule has 7 nitrogen and oxygen atoms in total. The van der Waals surface area contributed by atoms with Gasteiger partial charge in [-0.05, 0) is 49.1 Å². The number of carbonyl (C=O) groups is 2. The molecule has 0 bridgehead atoms. The van der Waals surface area contributed by atoms with Gasteiger partial charge in [0.15, 0.2) is 0 Å². The van der Waals surface area contributed by atoms with Crippen LogP contribution in [-0.4, -0.2) is 49.7 Å². The molecule has 0 radical (unpaired) electrons. The number of benzene rings is 1. The van der Waals surface area contributed by atoms with E-state index in [-0.39, 0.29) is 23.9 Å². The van der Waals surface area contributed by atoms with Gasteiger partial charge in [0.05, 0.1) is 14.2 Å². The predicted octanol–water partition coefficient (Wildman–Crippen LogP) is 3.71. The molecule has 2 aliphatic carbocycles. The summed E-state index contributed by atoms with van der Waals surface area (Å²) in [7, 11) is 3.27. The maximum atomic E-state index is 12.9. The Balaban J connectivity index is 1.36. The van der Waals surface area contributed by atoms with E-state index in [2.05, 4.69) is 17.6 Å². The zero-order valence-electron chi connectivity index (χ0n) is 19.6. The first-order valence-corrected chi connectivity index (χ1v) is 12.0. The van der Waals surface area contributed by atoms with Crippen molar-refractivity contribution < 1.29 is 19.1 Å². The number of likely N-dealkylation sites (tertiary alicyclic amines) is 1. The number of amides is 3. The van der Waals surface area contributed by atoms with Crippen molar-refractivity contribution >= 4 is 11.9 Å². The Kier molecular flexibility index (Phi) is 7.11. The minimum atomic E-state index is -0.0586. The van der Waals surface area contributed by atoms with E-state index in [4.69, 9.17) is 9.47 Å². The third-order valence-electron chi connectivity index (χ3n) is 7.79. The molecule has 2 saturated carbocycles. The maximum absolute atomic E-state index is 12.9. The molecular weight excluding hydrogens is 406 g/mol. The molecule has 1 heterocycles. The van der Waals surface area contributed by atoms with Crippen LogP contribution in [-0.2, 0) is 11.3 Å². The average molecular weight is 444 g/mol. The Morgan fingerprint density at radius 1 is 1.16 bits per heavy atom. The third-order valence-corrected chi connectivity index (χ3v) is 7.79. The summed E-state index contributed by atoms with van der Waals surface area (Å²) in [5, 5.41) is 6.25. The lowest BCUT2D eigenvalue weighted by Gasteiger charge is -2.26. The van der Waals surface area contributed by atoms with Gasteiger partial charge in [-0.15, -0.1) is 0 Å². The maximum Gasteiger partial charge on any atom is 0.315 e. The lowest BCUT2D eigenvalue weighted by molar-refractivity contribution is -0.129. The minimum Gasteiger partial charge on any atom is -0.497 e. The highest BCUT2D eigenvalue weighted by Gasteiger charge is 2.50. The minimum absolute atomic E-state index is 0.0586. The molecule has 7 heteroatoms. The van der Waals surface area contributed by atoms with Gasteiger partial charge in [0.2, 0.25) is 5.91 Å². The van der Waals surface area contributed by atoms with Gasteiger partial charge in [-0.25, -0.2) is 4.79 Å². The number of methoxy groups -OCH3 is 2. The fraction of sp³-hybridized carbons (Fsp3) is 0.680. The topological polar surface area (TPSA) is 79.9 Å². The van der Waals surface area contributed by atoms with E-state index >= 15 is 0 Å². The van der Waals surface area contributed by atoms with Crippen LogP contribution in [0.25, 0.3) is 0 Å². The molecule has 176 valence electrons. The van der Waals surface area contributed by atoms with Crippen molar-refractivity contribution in [2.75, 3.05) is 20.8 Å². The van der Waals surface area contributed by atoms with Gasteiger partial charge < -0.3 is 25.0 Å². The smallest absolute Gasteiger partial charge is 0.315 e. The van der Waals surface area contributed by atoms with Crippen molar-refractivity contribution in [2.24, 2.45) is 17.8 Å². The van der Waals surface area contributed by atoms with E-state index in [1.807, 2.05) is 23.1 Å². The number of hydrogen-bond donors (Lipinski definition) is 2. The summed E-state index contributed by atoms with van der Waals surface area (Å²) in [6.07, 6.45) is 7.37. The second kappa shape index (κ2) is 10.0. The van der Waals surface area contributed by atoms with Crippen molar-refractivity contribution in [3.63, 3.8) is 0 Å². The number of nitrogens with zero attached hydrogens (tertiary/aromatic N) is 1. The molecule has 3 amide bonds. The van der Waals surface area contributed by atoms with Crippen LogP contribution in [0.15, 0.2) is 18.2 Å². The summed E-state index contributed by atoms with van der Waals surface area (Å²) >= 11 is 0. The summed E-state index contributed by atoms with van der Waals surface area (Å²) < 4.78 is 10.8. The number of urea groups is 1. The SMILES string of the molecule is COc1ccc(CN2C(=O)C[C@H]3[C@H](CNC(=O)NC4CCCCC4)[C@@H](C)C[C@H]32)c(OC)c1. The van der Waals surface area contributed by atoms with Crippen molar-refractivity contribution in [2.45, 2.75) is 70.5 Å². The van der Waals surface area contributed by atoms with Gasteiger partial charge in [-0.3, -0.25) is 4.79 Å². The molecule has 4 rings (SSSR count). The summed E-state index contributed by atoms with van der Waals surface area (Å²) in [5.41, 5.74) is 0.989. The Morgan fingerprint density at radius 2 is 1.94 bits per heavy atom. The van der Waals surface area contributed by atoms with Crippen molar-refractivity contribution in [3.05, 3.63) is 23.8 Å². The van der Waals surface area contributed by atoms with E-state index in [1.165, 1.54) is 19.3 Å². The number of nitrogens with one attached hydrogen (secondary N) is 2. The van der Waals surface area contributed by atoms with Crippen LogP contribution in [0.1, 0.15) is 57.4 Å². The Labute approximate surface area is 191 Å². The molecule has 1 aliphatic heterocycles. The van der Waals surface area contributed by atoms with Gasteiger partial charge >= 0.3 is 6.03 Å². The monoisotopic (exact) mass is 443 g/mol. The van der Waals surface area contributed by atoms with Crippen molar-refractivity contribution in [1.82, 2.24) is 15.5 Å². The normalized spacial score (nSPS) is 27.8. The summed E-state index contributed by atoms with van der Waals surface area (Å²) in [5.74, 6) is 2.75. The molecule has 0 spiro atoms. The summed E-state index contributed by atoms with van der Waals surface area (Å²) in [6.45, 7) is 3.43. The molecule has 1 saturated heterocycles. The lowest BCUT2D eigenvalue weighted by atomic mass is 9.88. The van der Waals surface area contributed by atoms with Gasteiger partial charge in [0.1, 0.15) is 11.5 Å². The molecule has 4 atom stereocenters. The molecule has 0 unspecified atom stereocenters. The van der Waals surface area contributed by atoms with Crippen LogP contribution in [0.5, 0.6) is 11.5 Å². The van der Waals surface area contributed by atoms with Crippen LogP contribution in [0.4, 0.5) is 4.79 Å². The summed E-state index contributed by atoms with van der Waals surface area (Å²) in [6, 6.07) is 6.22. The van der Waals surface area contributed by atoms with Crippen molar-refractivity contribution in [3.8, 4) is 11.5 Å². The molecule has 3 fully saturated rings. The second-order valence-electron chi connectivity index (χ2n) is 9.70. The predicted molar refractivity (Wildman–Crippen MR) is 123 cm³/mol. The lowest BCUT2D eigenvalue weighted by Crippen LogP contribution is -2.45. The molecule has 1 aromatic rings. The fourth-order valence-corrected chi connectivity index (χ4v) is 6.01. The number of ether oxygens (including phenoxy) is 2. The van der Waals surface area contributed by atoms with Gasteiger partial charge in [0.25, 0.3) is 0 Å². The molecular formula is C25H37N3O4. The van der Waals surface area contributed by atoms with Gasteiger partial charge in [-0.2, -0.15) is 0 Å². The molecule has 32 heavy (non-hydrogen) atoms. The van der Waals surface area contributed by atoms with Crippen LogP contribution in [0, 0.1) is 17.8 Å². The molecule has 3 aliphatic rings. The van der Waals surface area contributed by atoms with Gasteiger partial charge in [-0.1, -0.05) is 26.2 Å². The first-order chi connectivity index (χ1) is 15.5. The van der Waals surface area contributed by atoms with E-state index in [0.717, 1.165) is 36.3 Å². The highest BCUT2D eigenvalue weighted by molar-refractivity contribution is 5.80. The Morgan fingerprint density at radius 3 is 2.66 bits per heavy atom. The number of fused-ring (bicyclic) bond motifs is 1. The molecule has 2 N–H and O–H groups in total. The number of carbonyl (C=O) groups excluding carboxylic acids is 2. The highest BCUT2D eigenvalue weighted by atomic mass is 16.5. The molecule has 0 aromatic heterocycles. The number of hydrogen-bond acceptors (Lipinski definition) is 4. The largest absolute Gasteiger partial charge is 0.497 e. The quantitative estimate of drug-likeness (QED) is 0.673. The first-order valence-electron chi connectivity index (χ1n) is 12.0. The summed E-state index contributed by atoms with van der Waals surface area (Å²) in [4.78, 5) is 27.4. The van der Waals surface area contributed by atoms with E-state index in [0.29, 0.717) is 37.4 Å². The van der Waals surface area contributed by atoms with Crippen LogP contribution in [0.3, 0.4) is 0 Å². The van der Waals surface area contributed by atoms with E-state index in [9.17, 15) is 9.59 Å². The molecule has 1 aromatic carbocycles. The standard InChI is InChI=1S/C25H37N3O4/c1-16-11-22-20(21(16)14-26-25(30)27-18-7-5-4-6-8-18)13-24(29)28(22)15-17-9-10-19(31-2)12-23(17)32-3/h9-10,12,16,18,20-22H,4-8,11,13-15H2,1-3H3,(H2,26,27,30)/t16-,20-,21+,22+/m0/s1. The Bertz CT molecular complexity index is 823. The van der Waals surface area contributed by atoms with E-state index < -0.39 is 0 Å². The van der Waals surface area contributed by atoms with E-state index in [1.54, 1.807) is 14.2 Å².